The molecule has 0 fully saturated rings. The average Bonchev–Trinajstić information content (AvgIpc) is 2.83. The number of imidazole rings is 2. The van der Waals surface area contributed by atoms with Crippen LogP contribution in [0.15, 0.2) is 48.5 Å². The molecule has 4 aromatic rings. The number of para-hydroxylation sites is 4. The molecule has 4 rings (SSSR count). The molecule has 0 aliphatic carbocycles. The summed E-state index contributed by atoms with van der Waals surface area (Å²) in [6.07, 6.45) is 0. The zero-order valence-corrected chi connectivity index (χ0v) is 8.51. The van der Waals surface area contributed by atoms with Gasteiger partial charge in [-0.05, 0) is 24.3 Å². The number of aromatic amines is 1. The van der Waals surface area contributed by atoms with Gasteiger partial charge in [0.2, 0.25) is 5.78 Å². The third kappa shape index (κ3) is 0.852. The van der Waals surface area contributed by atoms with Crippen molar-refractivity contribution >= 4 is 27.8 Å². The molecule has 1 N–H and O–H groups in total. The van der Waals surface area contributed by atoms with Crippen molar-refractivity contribution in [1.29, 1.82) is 0 Å². The van der Waals surface area contributed by atoms with Crippen LogP contribution in [0.3, 0.4) is 0 Å². The van der Waals surface area contributed by atoms with Crippen LogP contribution in [0.2, 0.25) is 0 Å². The Morgan fingerprint density at radius 1 is 0.875 bits per heavy atom. The van der Waals surface area contributed by atoms with Gasteiger partial charge in [0.25, 0.3) is 0 Å². The molecule has 0 saturated carbocycles. The fourth-order valence-corrected chi connectivity index (χ4v) is 2.25. The SMILES string of the molecule is c1ccc2c(c1)nc1[nH]c3ccccc3n12. The van der Waals surface area contributed by atoms with E-state index in [9.17, 15) is 0 Å². The highest BCUT2D eigenvalue weighted by molar-refractivity contribution is 5.89. The molecule has 0 saturated heterocycles. The maximum absolute atomic E-state index is 4.56. The summed E-state index contributed by atoms with van der Waals surface area (Å²) in [7, 11) is 0. The second-order valence-electron chi connectivity index (χ2n) is 3.90. The monoisotopic (exact) mass is 207 g/mol. The Bertz CT molecular complexity index is 742. The van der Waals surface area contributed by atoms with Crippen LogP contribution in [0.4, 0.5) is 0 Å². The molecule has 0 atom stereocenters. The summed E-state index contributed by atoms with van der Waals surface area (Å²) in [5.74, 6) is 0.905. The fraction of sp³-hybridized carbons (Fsp3) is 0. The quantitative estimate of drug-likeness (QED) is 0.472. The molecule has 3 nitrogen and oxygen atoms in total. The third-order valence-corrected chi connectivity index (χ3v) is 2.95. The first-order valence-electron chi connectivity index (χ1n) is 5.27. The number of aromatic nitrogens is 3. The number of nitrogens with zero attached hydrogens (tertiary/aromatic N) is 2. The molecule has 0 spiro atoms. The summed E-state index contributed by atoms with van der Waals surface area (Å²) in [5.41, 5.74) is 4.47. The van der Waals surface area contributed by atoms with Gasteiger partial charge >= 0.3 is 0 Å². The van der Waals surface area contributed by atoms with Crippen molar-refractivity contribution in [3.05, 3.63) is 48.5 Å². The van der Waals surface area contributed by atoms with Crippen LogP contribution in [0.1, 0.15) is 0 Å². The molecule has 2 heterocycles. The largest absolute Gasteiger partial charge is 0.323 e. The highest BCUT2D eigenvalue weighted by Gasteiger charge is 2.08. The zero-order chi connectivity index (χ0) is 10.5. The Balaban J connectivity index is 2.38. The third-order valence-electron chi connectivity index (χ3n) is 2.95. The van der Waals surface area contributed by atoms with E-state index in [0.717, 1.165) is 22.3 Å². The predicted octanol–water partition coefficient (Wildman–Crippen LogP) is 2.97. The number of benzene rings is 2. The first-order valence-corrected chi connectivity index (χ1v) is 5.27. The lowest BCUT2D eigenvalue weighted by molar-refractivity contribution is 1.28. The van der Waals surface area contributed by atoms with E-state index >= 15 is 0 Å². The molecule has 0 amide bonds. The van der Waals surface area contributed by atoms with E-state index in [1.807, 2.05) is 30.3 Å². The molecule has 3 heteroatoms. The van der Waals surface area contributed by atoms with Crippen LogP contribution in [0.5, 0.6) is 0 Å². The lowest BCUT2D eigenvalue weighted by Gasteiger charge is -1.92. The normalized spacial score (nSPS) is 11.8. The molecule has 16 heavy (non-hydrogen) atoms. The van der Waals surface area contributed by atoms with E-state index in [2.05, 4.69) is 32.6 Å². The Labute approximate surface area is 91.3 Å². The van der Waals surface area contributed by atoms with Crippen molar-refractivity contribution in [3.63, 3.8) is 0 Å². The first-order chi connectivity index (χ1) is 7.93. The molecular weight excluding hydrogens is 198 g/mol. The van der Waals surface area contributed by atoms with Gasteiger partial charge in [0.15, 0.2) is 0 Å². The van der Waals surface area contributed by atoms with Gasteiger partial charge in [0.1, 0.15) is 0 Å². The van der Waals surface area contributed by atoms with Gasteiger partial charge in [0, 0.05) is 0 Å². The van der Waals surface area contributed by atoms with Crippen molar-refractivity contribution < 1.29 is 0 Å². The lowest BCUT2D eigenvalue weighted by Crippen LogP contribution is -1.78. The molecule has 2 aromatic heterocycles. The van der Waals surface area contributed by atoms with Gasteiger partial charge in [-0.1, -0.05) is 24.3 Å². The van der Waals surface area contributed by atoms with E-state index in [4.69, 9.17) is 0 Å². The highest BCUT2D eigenvalue weighted by atomic mass is 15.1. The summed E-state index contributed by atoms with van der Waals surface area (Å²) >= 11 is 0. The molecule has 0 bridgehead atoms. The summed E-state index contributed by atoms with van der Waals surface area (Å²) in [6, 6.07) is 16.4. The predicted molar refractivity (Wildman–Crippen MR) is 64.6 cm³/mol. The molecule has 0 aliphatic heterocycles. The van der Waals surface area contributed by atoms with E-state index < -0.39 is 0 Å². The van der Waals surface area contributed by atoms with Gasteiger partial charge in [0.05, 0.1) is 22.1 Å². The second-order valence-corrected chi connectivity index (χ2v) is 3.90. The van der Waals surface area contributed by atoms with E-state index in [0.29, 0.717) is 0 Å². The smallest absolute Gasteiger partial charge is 0.213 e. The standard InChI is InChI=1S/C13H9N3/c1-3-7-11-9(5-1)14-13-15-10-6-2-4-8-12(10)16(11)13/h1-8H,(H,14,15). The fourth-order valence-electron chi connectivity index (χ4n) is 2.25. The number of nitrogens with one attached hydrogen (secondary N) is 1. The number of hydrogen-bond acceptors (Lipinski definition) is 1. The minimum absolute atomic E-state index is 0.905. The minimum atomic E-state index is 0.905. The summed E-state index contributed by atoms with van der Waals surface area (Å²) < 4.78 is 2.16. The highest BCUT2D eigenvalue weighted by Crippen LogP contribution is 2.22. The van der Waals surface area contributed by atoms with Crippen molar-refractivity contribution in [3.8, 4) is 0 Å². The Hall–Kier alpha value is -2.29. The Morgan fingerprint density at radius 2 is 1.62 bits per heavy atom. The zero-order valence-electron chi connectivity index (χ0n) is 8.51. The van der Waals surface area contributed by atoms with Gasteiger partial charge in [-0.3, -0.25) is 4.40 Å². The number of rotatable bonds is 0. The molecule has 0 unspecified atom stereocenters. The molecule has 0 aliphatic rings. The first kappa shape index (κ1) is 7.93. The maximum atomic E-state index is 4.56. The number of hydrogen-bond donors (Lipinski definition) is 1. The minimum Gasteiger partial charge on any atom is -0.323 e. The Morgan fingerprint density at radius 3 is 2.56 bits per heavy atom. The molecule has 76 valence electrons. The van der Waals surface area contributed by atoms with Crippen molar-refractivity contribution in [1.82, 2.24) is 14.4 Å². The number of fused-ring (bicyclic) bond motifs is 5. The van der Waals surface area contributed by atoms with Crippen LogP contribution in [0, 0.1) is 0 Å². The second kappa shape index (κ2) is 2.64. The number of H-pyrrole nitrogens is 1. The molecule has 2 aromatic carbocycles. The van der Waals surface area contributed by atoms with Crippen molar-refractivity contribution in [2.45, 2.75) is 0 Å². The molecule has 0 radical (unpaired) electrons. The van der Waals surface area contributed by atoms with Crippen LogP contribution in [-0.4, -0.2) is 14.4 Å². The van der Waals surface area contributed by atoms with Gasteiger partial charge in [-0.2, -0.15) is 0 Å². The molecular formula is C13H9N3. The lowest BCUT2D eigenvalue weighted by atomic mass is 10.3. The summed E-state index contributed by atoms with van der Waals surface area (Å²) in [4.78, 5) is 7.88. The van der Waals surface area contributed by atoms with E-state index in [1.54, 1.807) is 0 Å². The summed E-state index contributed by atoms with van der Waals surface area (Å²) in [5, 5.41) is 0. The van der Waals surface area contributed by atoms with Crippen LogP contribution in [0.25, 0.3) is 27.8 Å². The van der Waals surface area contributed by atoms with Crippen molar-refractivity contribution in [2.24, 2.45) is 0 Å². The Kier molecular flexibility index (Phi) is 1.31. The van der Waals surface area contributed by atoms with Crippen LogP contribution < -0.4 is 0 Å². The maximum Gasteiger partial charge on any atom is 0.213 e. The average molecular weight is 207 g/mol. The van der Waals surface area contributed by atoms with Gasteiger partial charge in [-0.15, -0.1) is 0 Å². The van der Waals surface area contributed by atoms with Crippen LogP contribution in [-0.2, 0) is 0 Å². The van der Waals surface area contributed by atoms with Crippen LogP contribution >= 0.6 is 0 Å². The van der Waals surface area contributed by atoms with Gasteiger partial charge < -0.3 is 4.98 Å². The van der Waals surface area contributed by atoms with E-state index in [1.165, 1.54) is 5.52 Å². The summed E-state index contributed by atoms with van der Waals surface area (Å²) in [6.45, 7) is 0. The van der Waals surface area contributed by atoms with Crippen molar-refractivity contribution in [2.75, 3.05) is 0 Å². The topological polar surface area (TPSA) is 33.1 Å². The van der Waals surface area contributed by atoms with Gasteiger partial charge in [-0.25, -0.2) is 4.98 Å². The van der Waals surface area contributed by atoms with E-state index in [-0.39, 0.29) is 0 Å².